The van der Waals surface area contributed by atoms with Crippen LogP contribution >= 0.6 is 12.2 Å². The third-order valence-electron chi connectivity index (χ3n) is 3.40. The number of carbonyl (C=O) groups is 1. The third-order valence-corrected chi connectivity index (χ3v) is 3.60. The number of benzene rings is 2. The van der Waals surface area contributed by atoms with Crippen molar-refractivity contribution in [3.05, 3.63) is 48.5 Å². The van der Waals surface area contributed by atoms with Crippen LogP contribution in [0.25, 0.3) is 22.6 Å². The maximum absolute atomic E-state index is 11.6. The quantitative estimate of drug-likeness (QED) is 0.700. The van der Waals surface area contributed by atoms with Crippen molar-refractivity contribution in [1.29, 1.82) is 0 Å². The van der Waals surface area contributed by atoms with E-state index in [4.69, 9.17) is 16.6 Å². The lowest BCUT2D eigenvalue weighted by Gasteiger charge is -2.08. The smallest absolute Gasteiger partial charge is 0.227 e. The van der Waals surface area contributed by atoms with E-state index >= 15 is 0 Å². The van der Waals surface area contributed by atoms with Crippen molar-refractivity contribution in [3.63, 3.8) is 0 Å². The van der Waals surface area contributed by atoms with Gasteiger partial charge in [-0.25, -0.2) is 4.98 Å². The van der Waals surface area contributed by atoms with Crippen LogP contribution in [0.5, 0.6) is 0 Å². The Balaban J connectivity index is 1.76. The molecule has 0 atom stereocenters. The number of oxazole rings is 1. The molecule has 24 heavy (non-hydrogen) atoms. The number of fused-ring (bicyclic) bond motifs is 1. The van der Waals surface area contributed by atoms with Gasteiger partial charge in [0.05, 0.1) is 0 Å². The van der Waals surface area contributed by atoms with E-state index in [-0.39, 0.29) is 11.0 Å². The molecule has 0 aliphatic carbocycles. The van der Waals surface area contributed by atoms with Crippen LogP contribution in [-0.4, -0.2) is 16.0 Å². The molecule has 0 saturated heterocycles. The molecule has 0 radical (unpaired) electrons. The molecule has 0 fully saturated rings. The van der Waals surface area contributed by atoms with Crippen LogP contribution in [0.2, 0.25) is 0 Å². The number of nitrogens with zero attached hydrogens (tertiary/aromatic N) is 1. The van der Waals surface area contributed by atoms with Crippen molar-refractivity contribution in [2.75, 3.05) is 5.32 Å². The molecule has 2 N–H and O–H groups in total. The van der Waals surface area contributed by atoms with Crippen LogP contribution in [0.15, 0.2) is 52.9 Å². The highest BCUT2D eigenvalue weighted by atomic mass is 32.1. The summed E-state index contributed by atoms with van der Waals surface area (Å²) in [7, 11) is 0. The predicted molar refractivity (Wildman–Crippen MR) is 98.7 cm³/mol. The minimum absolute atomic E-state index is 0.0936. The summed E-state index contributed by atoms with van der Waals surface area (Å²) < 4.78 is 5.77. The Bertz CT molecular complexity index is 874. The monoisotopic (exact) mass is 339 g/mol. The lowest BCUT2D eigenvalue weighted by Crippen LogP contribution is -2.33. The first-order valence-electron chi connectivity index (χ1n) is 7.72. The number of rotatable bonds is 4. The van der Waals surface area contributed by atoms with Crippen LogP contribution < -0.4 is 10.6 Å². The van der Waals surface area contributed by atoms with Crippen molar-refractivity contribution >= 4 is 40.0 Å². The highest BCUT2D eigenvalue weighted by Crippen LogP contribution is 2.25. The Labute approximate surface area is 145 Å². The number of amides is 1. The second-order valence-corrected chi connectivity index (χ2v) is 5.73. The standard InChI is InChI=1S/C18H17N3O2S/c1-2-6-16(22)21-18(24)19-13-9-10-15-14(11-13)20-17(23-15)12-7-4-3-5-8-12/h3-5,7-11H,2,6H2,1H3,(H2,19,21,22,24). The summed E-state index contributed by atoms with van der Waals surface area (Å²) in [5.41, 5.74) is 3.09. The van der Waals surface area contributed by atoms with E-state index in [1.165, 1.54) is 0 Å². The van der Waals surface area contributed by atoms with E-state index in [1.54, 1.807) is 0 Å². The summed E-state index contributed by atoms with van der Waals surface area (Å²) in [5.74, 6) is 0.477. The lowest BCUT2D eigenvalue weighted by atomic mass is 10.2. The average Bonchev–Trinajstić information content (AvgIpc) is 2.99. The van der Waals surface area contributed by atoms with E-state index in [2.05, 4.69) is 15.6 Å². The largest absolute Gasteiger partial charge is 0.436 e. The number of aromatic nitrogens is 1. The van der Waals surface area contributed by atoms with Crippen molar-refractivity contribution in [1.82, 2.24) is 10.3 Å². The molecule has 1 heterocycles. The van der Waals surface area contributed by atoms with Crippen LogP contribution in [-0.2, 0) is 4.79 Å². The second-order valence-electron chi connectivity index (χ2n) is 5.32. The second kappa shape index (κ2) is 7.23. The molecule has 1 amide bonds. The van der Waals surface area contributed by atoms with Gasteiger partial charge in [-0.15, -0.1) is 0 Å². The first kappa shape index (κ1) is 16.1. The molecule has 0 saturated carbocycles. The van der Waals surface area contributed by atoms with Gasteiger partial charge in [0.25, 0.3) is 0 Å². The van der Waals surface area contributed by atoms with Gasteiger partial charge in [0.2, 0.25) is 11.8 Å². The molecular formula is C18H17N3O2S. The van der Waals surface area contributed by atoms with Gasteiger partial charge in [0, 0.05) is 17.7 Å². The summed E-state index contributed by atoms with van der Waals surface area (Å²) in [6.45, 7) is 1.94. The molecule has 0 aliphatic rings. The maximum Gasteiger partial charge on any atom is 0.227 e. The summed E-state index contributed by atoms with van der Waals surface area (Å²) in [6, 6.07) is 15.2. The first-order chi connectivity index (χ1) is 11.7. The van der Waals surface area contributed by atoms with E-state index in [9.17, 15) is 4.79 Å². The summed E-state index contributed by atoms with van der Waals surface area (Å²) in [5, 5.41) is 5.91. The molecule has 0 spiro atoms. The summed E-state index contributed by atoms with van der Waals surface area (Å²) in [4.78, 5) is 16.1. The van der Waals surface area contributed by atoms with Crippen LogP contribution in [0.1, 0.15) is 19.8 Å². The Morgan fingerprint density at radius 1 is 1.21 bits per heavy atom. The summed E-state index contributed by atoms with van der Waals surface area (Å²) in [6.07, 6.45) is 1.23. The number of anilines is 1. The Morgan fingerprint density at radius 3 is 2.75 bits per heavy atom. The van der Waals surface area contributed by atoms with Gasteiger partial charge < -0.3 is 15.1 Å². The topological polar surface area (TPSA) is 67.2 Å². The van der Waals surface area contributed by atoms with Gasteiger partial charge >= 0.3 is 0 Å². The summed E-state index contributed by atoms with van der Waals surface area (Å²) >= 11 is 5.14. The molecule has 3 rings (SSSR count). The third kappa shape index (κ3) is 3.78. The highest BCUT2D eigenvalue weighted by Gasteiger charge is 2.09. The molecule has 122 valence electrons. The molecule has 6 heteroatoms. The van der Waals surface area contributed by atoms with Crippen LogP contribution in [0.3, 0.4) is 0 Å². The van der Waals surface area contributed by atoms with E-state index in [0.717, 1.165) is 23.2 Å². The molecule has 1 aromatic heterocycles. The molecule has 2 aromatic carbocycles. The number of carbonyl (C=O) groups excluding carboxylic acids is 1. The van der Waals surface area contributed by atoms with E-state index in [0.29, 0.717) is 17.9 Å². The fraction of sp³-hybridized carbons (Fsp3) is 0.167. The maximum atomic E-state index is 11.6. The molecule has 0 bridgehead atoms. The van der Waals surface area contributed by atoms with Gasteiger partial charge in [-0.2, -0.15) is 0 Å². The number of hydrogen-bond donors (Lipinski definition) is 2. The zero-order valence-corrected chi connectivity index (χ0v) is 14.0. The Kier molecular flexibility index (Phi) is 4.86. The highest BCUT2D eigenvalue weighted by molar-refractivity contribution is 7.80. The molecule has 3 aromatic rings. The normalized spacial score (nSPS) is 10.5. The molecule has 5 nitrogen and oxygen atoms in total. The lowest BCUT2D eigenvalue weighted by molar-refractivity contribution is -0.119. The first-order valence-corrected chi connectivity index (χ1v) is 8.13. The number of nitrogens with one attached hydrogen (secondary N) is 2. The van der Waals surface area contributed by atoms with Crippen molar-refractivity contribution in [3.8, 4) is 11.5 Å². The minimum Gasteiger partial charge on any atom is -0.436 e. The Morgan fingerprint density at radius 2 is 2.00 bits per heavy atom. The van der Waals surface area contributed by atoms with Crippen molar-refractivity contribution in [2.24, 2.45) is 0 Å². The van der Waals surface area contributed by atoms with Crippen molar-refractivity contribution in [2.45, 2.75) is 19.8 Å². The fourth-order valence-electron chi connectivity index (χ4n) is 2.29. The Hall–Kier alpha value is -2.73. The van der Waals surface area contributed by atoms with E-state index < -0.39 is 0 Å². The minimum atomic E-state index is -0.0936. The molecule has 0 aliphatic heterocycles. The average molecular weight is 339 g/mol. The van der Waals surface area contributed by atoms with Crippen LogP contribution in [0, 0.1) is 0 Å². The van der Waals surface area contributed by atoms with E-state index in [1.807, 2.05) is 55.5 Å². The predicted octanol–water partition coefficient (Wildman–Crippen LogP) is 4.11. The van der Waals surface area contributed by atoms with Crippen molar-refractivity contribution < 1.29 is 9.21 Å². The van der Waals surface area contributed by atoms with Gasteiger partial charge in [-0.1, -0.05) is 25.1 Å². The van der Waals surface area contributed by atoms with Crippen LogP contribution in [0.4, 0.5) is 5.69 Å². The van der Waals surface area contributed by atoms with Gasteiger partial charge in [0.1, 0.15) is 5.52 Å². The zero-order valence-electron chi connectivity index (χ0n) is 13.2. The molecular weight excluding hydrogens is 322 g/mol. The SMILES string of the molecule is CCCC(=O)NC(=S)Nc1ccc2oc(-c3ccccc3)nc2c1. The molecule has 0 unspecified atom stereocenters. The van der Waals surface area contributed by atoms with Gasteiger partial charge in [-0.05, 0) is 49.0 Å². The zero-order chi connectivity index (χ0) is 16.9. The van der Waals surface area contributed by atoms with Gasteiger partial charge in [0.15, 0.2) is 10.7 Å². The van der Waals surface area contributed by atoms with Gasteiger partial charge in [-0.3, -0.25) is 4.79 Å². The fourth-order valence-corrected chi connectivity index (χ4v) is 2.52. The number of hydrogen-bond acceptors (Lipinski definition) is 4. The number of thiocarbonyl (C=S) groups is 1.